The fraction of sp³-hybridized carbons (Fsp3) is 0.417. The average molecular weight is 1380 g/mol. The Morgan fingerprint density at radius 2 is 0.233 bits per heavy atom. The number of hydrogen-bond donors (Lipinski definition) is 0. The second-order valence-corrected chi connectivity index (χ2v) is 36.5. The van der Waals surface area contributed by atoms with E-state index in [0.717, 1.165) is 44.9 Å². The Labute approximate surface area is 634 Å². The highest BCUT2D eigenvalue weighted by Crippen LogP contribution is 2.32. The largest absolute Gasteiger partial charge is 0.0776 e. The van der Waals surface area contributed by atoms with Gasteiger partial charge < -0.3 is 0 Å². The Morgan fingerprint density at radius 3 is 0.369 bits per heavy atom. The minimum absolute atomic E-state index is 0. The fourth-order valence-electron chi connectivity index (χ4n) is 12.1. The predicted molar refractivity (Wildman–Crippen MR) is 463 cm³/mol. The fourth-order valence-corrected chi connectivity index (χ4v) is 12.1. The summed E-state index contributed by atoms with van der Waals surface area (Å²) in [4.78, 5) is 0. The standard InChI is InChI=1S/2C28H34.C22H30.C21H28.4CH4/c1-27(2,3)25-15-11-23(12-16-25)19-21-7-9-22(10-8-21)20-24-13-17-26(18-14-24)28(4,5)6;1-27(2,3)25-17-11-22(12-18-25)8-7-21-9-13-23(14-10-21)24-15-19-26(20-16-24)28(4,5)6;1-21(2,3)19-13-9-17(10-14-19)7-8-18-11-15-20(16-12-18)22(4,5)6;1-20(2,3)18-11-7-16(8-12-18)15-17-9-13-19(14-10-17)21(4,5)6;;;;/h7-18H,19-20H2,1-6H3;9-20H,7-8H2,1-6H3;9-16H,7-8H2,1-6H3;7-14H,15H2,1-6H3;4*1H4. The summed E-state index contributed by atoms with van der Waals surface area (Å²) in [6, 6.07) is 90.8. The topological polar surface area (TPSA) is 0 Å². The molecule has 103 heavy (non-hydrogen) atoms. The maximum Gasteiger partial charge on any atom is -0.00258 e. The molecule has 10 aromatic rings. The van der Waals surface area contributed by atoms with Gasteiger partial charge in [-0.3, -0.25) is 0 Å². The summed E-state index contributed by atoms with van der Waals surface area (Å²) in [7, 11) is 0. The first-order valence-corrected chi connectivity index (χ1v) is 37.0. The average Bonchev–Trinajstić information content (AvgIpc) is 0.862. The Hall–Kier alpha value is -7.80. The Kier molecular flexibility index (Phi) is 32.8. The molecule has 0 aliphatic heterocycles. The van der Waals surface area contributed by atoms with Gasteiger partial charge in [0.25, 0.3) is 0 Å². The van der Waals surface area contributed by atoms with E-state index in [0.29, 0.717) is 0 Å². The molecular formula is C103H142. The lowest BCUT2D eigenvalue weighted by molar-refractivity contribution is 0.589. The van der Waals surface area contributed by atoms with E-state index in [1.54, 1.807) is 0 Å². The maximum absolute atomic E-state index is 2.28. The SMILES string of the molecule is C.C.C.C.CC(C)(C)c1ccc(CCc2ccc(-c3ccc(C(C)(C)C)cc3)cc2)cc1.CC(C)(C)c1ccc(CCc2ccc(C(C)(C)C)cc2)cc1.CC(C)(C)c1ccc(Cc2ccc(C(C)(C)C)cc2)cc1.CC(C)(C)c1ccc(Cc2ccc(Cc3ccc(C(C)(C)C)cc3)cc2)cc1. The zero-order chi connectivity index (χ0) is 72.8. The molecule has 0 spiro atoms. The molecule has 10 aromatic carbocycles. The second kappa shape index (κ2) is 37.8. The van der Waals surface area contributed by atoms with Crippen LogP contribution in [0.15, 0.2) is 243 Å². The first-order chi connectivity index (χ1) is 46.1. The van der Waals surface area contributed by atoms with Crippen LogP contribution in [0, 0.1) is 0 Å². The van der Waals surface area contributed by atoms with E-state index in [2.05, 4.69) is 409 Å². The Morgan fingerprint density at radius 1 is 0.136 bits per heavy atom. The van der Waals surface area contributed by atoms with Crippen LogP contribution in [-0.2, 0) is 88.3 Å². The van der Waals surface area contributed by atoms with Crippen molar-refractivity contribution in [1.29, 1.82) is 0 Å². The van der Waals surface area contributed by atoms with Crippen molar-refractivity contribution in [3.8, 4) is 11.1 Å². The van der Waals surface area contributed by atoms with Crippen LogP contribution in [0.4, 0.5) is 0 Å². The molecule has 0 atom stereocenters. The van der Waals surface area contributed by atoms with Crippen molar-refractivity contribution in [1.82, 2.24) is 0 Å². The van der Waals surface area contributed by atoms with Crippen molar-refractivity contribution in [3.63, 3.8) is 0 Å². The zero-order valence-corrected chi connectivity index (χ0v) is 66.0. The molecule has 0 N–H and O–H groups in total. The van der Waals surface area contributed by atoms with Gasteiger partial charge in [-0.25, -0.2) is 0 Å². The van der Waals surface area contributed by atoms with Gasteiger partial charge in [0.05, 0.1) is 0 Å². The predicted octanol–water partition coefficient (Wildman–Crippen LogP) is 29.7. The van der Waals surface area contributed by atoms with Gasteiger partial charge in [0.1, 0.15) is 0 Å². The number of hydrogen-bond acceptors (Lipinski definition) is 0. The quantitative estimate of drug-likeness (QED) is 0.108. The van der Waals surface area contributed by atoms with Crippen molar-refractivity contribution in [2.24, 2.45) is 0 Å². The van der Waals surface area contributed by atoms with Gasteiger partial charge in [-0.2, -0.15) is 0 Å². The Balaban J connectivity index is 0.000000355. The van der Waals surface area contributed by atoms with Crippen molar-refractivity contribution in [2.75, 3.05) is 0 Å². The highest BCUT2D eigenvalue weighted by atomic mass is 14.2. The molecule has 10 rings (SSSR count). The first kappa shape index (κ1) is 89.4. The van der Waals surface area contributed by atoms with E-state index < -0.39 is 0 Å². The van der Waals surface area contributed by atoms with Crippen LogP contribution in [0.25, 0.3) is 11.1 Å². The molecule has 0 nitrogen and oxygen atoms in total. The van der Waals surface area contributed by atoms with Crippen LogP contribution in [0.1, 0.15) is 296 Å². The van der Waals surface area contributed by atoms with Crippen molar-refractivity contribution in [3.05, 3.63) is 343 Å². The normalized spacial score (nSPS) is 11.8. The third-order valence-electron chi connectivity index (χ3n) is 19.4. The molecule has 0 amide bonds. The molecule has 0 unspecified atom stereocenters. The molecule has 554 valence electrons. The van der Waals surface area contributed by atoms with E-state index in [4.69, 9.17) is 0 Å². The van der Waals surface area contributed by atoms with Gasteiger partial charge in [-0.05, 0) is 200 Å². The van der Waals surface area contributed by atoms with Gasteiger partial charge >= 0.3 is 0 Å². The number of benzene rings is 10. The minimum atomic E-state index is 0. The molecule has 0 heteroatoms. The summed E-state index contributed by atoms with van der Waals surface area (Å²) in [6.07, 6.45) is 7.38. The van der Waals surface area contributed by atoms with Crippen LogP contribution in [0.5, 0.6) is 0 Å². The summed E-state index contributed by atoms with van der Waals surface area (Å²) in [5.41, 5.74) is 29.4. The molecular weight excluding hydrogens is 1240 g/mol. The zero-order valence-electron chi connectivity index (χ0n) is 66.0. The van der Waals surface area contributed by atoms with Gasteiger partial charge in [0, 0.05) is 0 Å². The van der Waals surface area contributed by atoms with Crippen LogP contribution < -0.4 is 0 Å². The van der Waals surface area contributed by atoms with E-state index in [-0.39, 0.29) is 73.0 Å². The van der Waals surface area contributed by atoms with Gasteiger partial charge in [0.15, 0.2) is 0 Å². The van der Waals surface area contributed by atoms with Crippen LogP contribution in [-0.4, -0.2) is 0 Å². The Bertz CT molecular complexity index is 3810. The molecule has 0 heterocycles. The third kappa shape index (κ3) is 29.0. The lowest BCUT2D eigenvalue weighted by atomic mass is 9.85. The lowest BCUT2D eigenvalue weighted by Crippen LogP contribution is -2.11. The van der Waals surface area contributed by atoms with E-state index in [9.17, 15) is 0 Å². The number of aryl methyl sites for hydroxylation is 4. The molecule has 0 fully saturated rings. The van der Waals surface area contributed by atoms with Gasteiger partial charge in [-0.15, -0.1) is 0 Å². The highest BCUT2D eigenvalue weighted by molar-refractivity contribution is 5.64. The molecule has 0 aliphatic rings. The molecule has 0 radical (unpaired) electrons. The van der Waals surface area contributed by atoms with Crippen LogP contribution >= 0.6 is 0 Å². The smallest absolute Gasteiger partial charge is 0.00258 e. The highest BCUT2D eigenvalue weighted by Gasteiger charge is 2.20. The summed E-state index contributed by atoms with van der Waals surface area (Å²) in [5.74, 6) is 0. The van der Waals surface area contributed by atoms with Gasteiger partial charge in [-0.1, -0.05) is 439 Å². The summed E-state index contributed by atoms with van der Waals surface area (Å²) >= 11 is 0. The van der Waals surface area contributed by atoms with Crippen LogP contribution in [0.2, 0.25) is 0 Å². The van der Waals surface area contributed by atoms with Gasteiger partial charge in [0.2, 0.25) is 0 Å². The summed E-state index contributed by atoms with van der Waals surface area (Å²) in [5, 5.41) is 0. The summed E-state index contributed by atoms with van der Waals surface area (Å²) in [6.45, 7) is 54.3. The molecule has 0 saturated carbocycles. The summed E-state index contributed by atoms with van der Waals surface area (Å²) < 4.78 is 0. The third-order valence-corrected chi connectivity index (χ3v) is 19.4. The number of rotatable bonds is 13. The molecule has 0 saturated heterocycles. The first-order valence-electron chi connectivity index (χ1n) is 37.0. The monoisotopic (exact) mass is 1380 g/mol. The molecule has 0 aromatic heterocycles. The van der Waals surface area contributed by atoms with Crippen molar-refractivity contribution >= 4 is 0 Å². The van der Waals surface area contributed by atoms with E-state index >= 15 is 0 Å². The lowest BCUT2D eigenvalue weighted by Gasteiger charge is -2.20. The molecule has 0 bridgehead atoms. The van der Waals surface area contributed by atoms with Crippen LogP contribution in [0.3, 0.4) is 0 Å². The molecule has 0 aliphatic carbocycles. The maximum atomic E-state index is 2.28. The van der Waals surface area contributed by atoms with Crippen molar-refractivity contribution < 1.29 is 0 Å². The second-order valence-electron chi connectivity index (χ2n) is 36.5. The minimum Gasteiger partial charge on any atom is -0.0776 e. The van der Waals surface area contributed by atoms with Crippen molar-refractivity contribution in [2.45, 2.75) is 284 Å². The van der Waals surface area contributed by atoms with E-state index in [1.807, 2.05) is 0 Å². The van der Waals surface area contributed by atoms with E-state index in [1.165, 1.54) is 111 Å².